The molecular weight excluding hydrogens is 186 g/mol. The summed E-state index contributed by atoms with van der Waals surface area (Å²) in [7, 11) is 0. The maximum absolute atomic E-state index is 3.85. The van der Waals surface area contributed by atoms with Crippen molar-refractivity contribution in [1.82, 2.24) is 4.98 Å². The van der Waals surface area contributed by atoms with E-state index in [1.807, 2.05) is 5.38 Å². The van der Waals surface area contributed by atoms with E-state index >= 15 is 0 Å². The number of nitrogens with zero attached hydrogens (tertiary/aromatic N) is 1. The topological polar surface area (TPSA) is 12.9 Å². The van der Waals surface area contributed by atoms with Crippen LogP contribution in [0.15, 0.2) is 15.5 Å². The summed E-state index contributed by atoms with van der Waals surface area (Å²) < 4.78 is 0.947. The third kappa shape index (κ3) is 2.64. The van der Waals surface area contributed by atoms with Crippen LogP contribution in [-0.2, 0) is 0 Å². The van der Waals surface area contributed by atoms with Gasteiger partial charge in [0, 0.05) is 11.6 Å². The smallest absolute Gasteiger partial charge is 1.00 e. The molecule has 36 valence electrons. The van der Waals surface area contributed by atoms with Crippen LogP contribution in [0.2, 0.25) is 0 Å². The average molecular weight is 190 g/mol. The molecule has 1 heterocycles. The molecule has 0 aliphatic heterocycles. The maximum Gasteiger partial charge on any atom is 2.00 e. The zero-order valence-corrected chi connectivity index (χ0v) is 7.41. The molecule has 0 radical (unpaired) electrons. The summed E-state index contributed by atoms with van der Waals surface area (Å²) in [5.41, 5.74) is 0. The van der Waals surface area contributed by atoms with E-state index in [0.717, 1.165) is 3.92 Å². The van der Waals surface area contributed by atoms with Crippen molar-refractivity contribution in [3.8, 4) is 0 Å². The van der Waals surface area contributed by atoms with Crippen molar-refractivity contribution in [2.45, 2.75) is 0 Å². The van der Waals surface area contributed by atoms with Crippen molar-refractivity contribution in [1.29, 1.82) is 0 Å². The maximum atomic E-state index is 3.85. The van der Waals surface area contributed by atoms with Gasteiger partial charge in [0.05, 0.1) is 0 Å². The number of rotatable bonds is 0. The summed E-state index contributed by atoms with van der Waals surface area (Å²) in [6.45, 7) is 0. The molecule has 0 fully saturated rings. The first-order valence-electron chi connectivity index (χ1n) is 1.44. The third-order valence-electron chi connectivity index (χ3n) is 0.402. The Morgan fingerprint density at radius 1 is 1.86 bits per heavy atom. The van der Waals surface area contributed by atoms with Gasteiger partial charge in [0.15, 0.2) is 3.92 Å². The number of hydrogen-bond acceptors (Lipinski definition) is 2. The molecule has 1 nitrogen and oxygen atoms in total. The summed E-state index contributed by atoms with van der Waals surface area (Å²) >= 11 is 4.77. The number of halogens is 1. The fourth-order valence-corrected chi connectivity index (χ4v) is 1.00. The van der Waals surface area contributed by atoms with Crippen molar-refractivity contribution in [2.75, 3.05) is 0 Å². The van der Waals surface area contributed by atoms with Crippen LogP contribution in [0, 0.1) is 0 Å². The number of hydrogen-bond donors (Lipinski definition) is 0. The quantitative estimate of drug-likeness (QED) is 0.568. The van der Waals surface area contributed by atoms with Gasteiger partial charge in [-0.05, 0) is 15.9 Å². The van der Waals surface area contributed by atoms with Gasteiger partial charge in [0.25, 0.3) is 0 Å². The minimum Gasteiger partial charge on any atom is -1.00 e. The molecule has 1 rings (SSSR count). The Balaban J connectivity index is -0.000000120. The largest absolute Gasteiger partial charge is 2.00 e. The van der Waals surface area contributed by atoms with Crippen molar-refractivity contribution >= 4 is 50.3 Å². The van der Waals surface area contributed by atoms with Gasteiger partial charge in [-0.25, -0.2) is 4.98 Å². The summed E-state index contributed by atoms with van der Waals surface area (Å²) in [5, 5.41) is 1.92. The summed E-state index contributed by atoms with van der Waals surface area (Å²) in [6, 6.07) is 0. The van der Waals surface area contributed by atoms with Crippen molar-refractivity contribution in [3.05, 3.63) is 15.5 Å². The fourth-order valence-electron chi connectivity index (χ4n) is 0.206. The second-order valence-corrected chi connectivity index (χ2v) is 2.96. The summed E-state index contributed by atoms with van der Waals surface area (Å²) in [4.78, 5) is 3.85. The molecule has 0 aromatic carbocycles. The van der Waals surface area contributed by atoms with Crippen LogP contribution in [0.25, 0.3) is 0 Å². The van der Waals surface area contributed by atoms with E-state index < -0.39 is 0 Å². The van der Waals surface area contributed by atoms with Crippen LogP contribution in [-0.4, -0.2) is 28.0 Å². The normalized spacial score (nSPS) is 7.57. The van der Waals surface area contributed by atoms with Crippen LogP contribution in [0.5, 0.6) is 0 Å². The molecule has 1 aromatic heterocycles. The van der Waals surface area contributed by atoms with Crippen molar-refractivity contribution in [2.24, 2.45) is 0 Å². The van der Waals surface area contributed by atoms with Gasteiger partial charge in [-0.1, -0.05) is 0 Å². The van der Waals surface area contributed by atoms with Crippen LogP contribution >= 0.6 is 27.3 Å². The molecule has 0 aliphatic carbocycles. The van der Waals surface area contributed by atoms with E-state index in [1.54, 1.807) is 17.5 Å². The number of thiazole rings is 1. The fraction of sp³-hybridized carbons (Fsp3) is 0. The van der Waals surface area contributed by atoms with E-state index in [4.69, 9.17) is 0 Å². The minimum absolute atomic E-state index is 0. The molecule has 0 aliphatic rings. The van der Waals surface area contributed by atoms with Crippen molar-refractivity contribution in [3.63, 3.8) is 0 Å². The molecule has 0 spiro atoms. The van der Waals surface area contributed by atoms with Gasteiger partial charge in [0.2, 0.25) is 0 Å². The molecule has 0 atom stereocenters. The molecular formula is C3H4BrMgNS. The zero-order valence-electron chi connectivity index (χ0n) is 5.60. The van der Waals surface area contributed by atoms with E-state index in [9.17, 15) is 0 Å². The van der Waals surface area contributed by atoms with Gasteiger partial charge in [0.1, 0.15) is 0 Å². The SMILES string of the molecule is Brc1nccs1.[H-].[H-].[Mg+2]. The second-order valence-electron chi connectivity index (χ2n) is 0.785. The van der Waals surface area contributed by atoms with Gasteiger partial charge in [-0.3, -0.25) is 0 Å². The van der Waals surface area contributed by atoms with Gasteiger partial charge < -0.3 is 2.85 Å². The molecule has 0 unspecified atom stereocenters. The molecule has 0 amide bonds. The molecule has 7 heavy (non-hydrogen) atoms. The Morgan fingerprint density at radius 2 is 2.57 bits per heavy atom. The Bertz CT molecular complexity index is 125. The molecule has 0 N–H and O–H groups in total. The average Bonchev–Trinajstić information content (AvgIpc) is 1.86. The molecule has 0 saturated carbocycles. The Labute approximate surface area is 73.4 Å². The first-order chi connectivity index (χ1) is 2.89. The minimum atomic E-state index is 0. The van der Waals surface area contributed by atoms with Crippen LogP contribution in [0.1, 0.15) is 2.85 Å². The second kappa shape index (κ2) is 3.83. The van der Waals surface area contributed by atoms with Crippen LogP contribution < -0.4 is 0 Å². The van der Waals surface area contributed by atoms with E-state index in [0.29, 0.717) is 0 Å². The van der Waals surface area contributed by atoms with Gasteiger partial charge in [-0.2, -0.15) is 0 Å². The van der Waals surface area contributed by atoms with Crippen molar-refractivity contribution < 1.29 is 2.85 Å². The molecule has 0 bridgehead atoms. The van der Waals surface area contributed by atoms with Crippen LogP contribution in [0.3, 0.4) is 0 Å². The summed E-state index contributed by atoms with van der Waals surface area (Å²) in [5.74, 6) is 0. The van der Waals surface area contributed by atoms with E-state index in [1.165, 1.54) is 0 Å². The first kappa shape index (κ1) is 7.88. The van der Waals surface area contributed by atoms with Crippen LogP contribution in [0.4, 0.5) is 0 Å². The standard InChI is InChI=1S/C3H2BrNS.Mg.2H/c4-3-5-1-2-6-3;;;/h1-2H;;;/q;+2;2*-1. The predicted octanol–water partition coefficient (Wildman–Crippen LogP) is 1.75. The number of aromatic nitrogens is 1. The third-order valence-corrected chi connectivity index (χ3v) is 1.73. The zero-order chi connectivity index (χ0) is 4.41. The first-order valence-corrected chi connectivity index (χ1v) is 3.12. The monoisotopic (exact) mass is 189 g/mol. The molecule has 4 heteroatoms. The molecule has 1 aromatic rings. The Morgan fingerprint density at radius 3 is 2.71 bits per heavy atom. The summed E-state index contributed by atoms with van der Waals surface area (Å²) in [6.07, 6.45) is 1.76. The van der Waals surface area contributed by atoms with E-state index in [2.05, 4.69) is 20.9 Å². The Hall–Kier alpha value is 0.876. The van der Waals surface area contributed by atoms with E-state index in [-0.39, 0.29) is 25.9 Å². The van der Waals surface area contributed by atoms with Gasteiger partial charge in [-0.15, -0.1) is 11.3 Å². The predicted molar refractivity (Wildman–Crippen MR) is 37.8 cm³/mol. The molecule has 0 saturated heterocycles. The van der Waals surface area contributed by atoms with Gasteiger partial charge >= 0.3 is 23.1 Å². The Kier molecular flexibility index (Phi) is 4.31.